The first-order valence-electron chi connectivity index (χ1n) is 6.67. The van der Waals surface area contributed by atoms with Crippen LogP contribution in [0.2, 0.25) is 0 Å². The molecule has 106 valence electrons. The van der Waals surface area contributed by atoms with Gasteiger partial charge in [-0.2, -0.15) is 4.98 Å². The van der Waals surface area contributed by atoms with Gasteiger partial charge in [-0.1, -0.05) is 17.7 Å². The van der Waals surface area contributed by atoms with Crippen molar-refractivity contribution in [2.24, 2.45) is 0 Å². The van der Waals surface area contributed by atoms with Gasteiger partial charge >= 0.3 is 0 Å². The Morgan fingerprint density at radius 2 is 1.95 bits per heavy atom. The second kappa shape index (κ2) is 7.45. The first-order valence-corrected chi connectivity index (χ1v) is 6.67. The number of rotatable bonds is 7. The van der Waals surface area contributed by atoms with E-state index >= 15 is 0 Å². The Hall–Kier alpha value is -2.14. The van der Waals surface area contributed by atoms with Crippen molar-refractivity contribution in [3.05, 3.63) is 42.1 Å². The summed E-state index contributed by atoms with van der Waals surface area (Å²) in [5.74, 6) is 1.40. The van der Waals surface area contributed by atoms with E-state index in [0.717, 1.165) is 31.1 Å². The second-order valence-corrected chi connectivity index (χ2v) is 4.53. The molecule has 0 aliphatic heterocycles. The summed E-state index contributed by atoms with van der Waals surface area (Å²) in [4.78, 5) is 8.63. The Morgan fingerprint density at radius 1 is 1.15 bits per heavy atom. The van der Waals surface area contributed by atoms with Crippen LogP contribution >= 0.6 is 0 Å². The van der Waals surface area contributed by atoms with Crippen LogP contribution < -0.4 is 10.6 Å². The Kier molecular flexibility index (Phi) is 5.32. The van der Waals surface area contributed by atoms with E-state index < -0.39 is 0 Å². The smallest absolute Gasteiger partial charge is 0.229 e. The summed E-state index contributed by atoms with van der Waals surface area (Å²) in [6.07, 6.45) is 2.68. The van der Waals surface area contributed by atoms with Crippen molar-refractivity contribution in [1.29, 1.82) is 0 Å². The fourth-order valence-corrected chi connectivity index (χ4v) is 1.72. The Bertz CT molecular complexity index is 528. The van der Waals surface area contributed by atoms with Gasteiger partial charge in [-0.15, -0.1) is 0 Å². The van der Waals surface area contributed by atoms with E-state index in [0.29, 0.717) is 5.95 Å². The highest BCUT2D eigenvalue weighted by molar-refractivity contribution is 5.54. The number of methoxy groups -OCH3 is 1. The number of ether oxygens (including phenoxy) is 1. The first kappa shape index (κ1) is 14.3. The average molecular weight is 272 g/mol. The van der Waals surface area contributed by atoms with E-state index in [9.17, 15) is 0 Å². The molecule has 0 unspecified atom stereocenters. The van der Waals surface area contributed by atoms with E-state index in [-0.39, 0.29) is 0 Å². The molecule has 0 fully saturated rings. The lowest BCUT2D eigenvalue weighted by Gasteiger charge is -2.08. The van der Waals surface area contributed by atoms with E-state index in [1.165, 1.54) is 5.56 Å². The third-order valence-electron chi connectivity index (χ3n) is 2.79. The molecule has 20 heavy (non-hydrogen) atoms. The molecule has 5 nitrogen and oxygen atoms in total. The largest absolute Gasteiger partial charge is 0.385 e. The molecule has 0 saturated heterocycles. The fraction of sp³-hybridized carbons (Fsp3) is 0.333. The Morgan fingerprint density at radius 3 is 2.70 bits per heavy atom. The Labute approximate surface area is 119 Å². The van der Waals surface area contributed by atoms with Gasteiger partial charge in [0.2, 0.25) is 5.95 Å². The minimum atomic E-state index is 0.589. The number of anilines is 3. The summed E-state index contributed by atoms with van der Waals surface area (Å²) in [5, 5.41) is 6.43. The summed E-state index contributed by atoms with van der Waals surface area (Å²) >= 11 is 0. The summed E-state index contributed by atoms with van der Waals surface area (Å²) in [5.41, 5.74) is 2.21. The third kappa shape index (κ3) is 4.51. The highest BCUT2D eigenvalue weighted by Crippen LogP contribution is 2.14. The van der Waals surface area contributed by atoms with Crippen LogP contribution in [0, 0.1) is 6.92 Å². The van der Waals surface area contributed by atoms with Crippen molar-refractivity contribution in [2.75, 3.05) is 30.9 Å². The number of aromatic nitrogens is 2. The molecule has 2 N–H and O–H groups in total. The maximum absolute atomic E-state index is 5.01. The molecule has 1 heterocycles. The minimum absolute atomic E-state index is 0.589. The molecule has 2 rings (SSSR count). The van der Waals surface area contributed by atoms with Gasteiger partial charge in [0.1, 0.15) is 5.82 Å². The molecule has 0 aliphatic carbocycles. The van der Waals surface area contributed by atoms with Crippen LogP contribution in [0.1, 0.15) is 12.0 Å². The first-order chi connectivity index (χ1) is 9.78. The summed E-state index contributed by atoms with van der Waals surface area (Å²) in [6.45, 7) is 3.63. The van der Waals surface area contributed by atoms with Crippen molar-refractivity contribution in [3.8, 4) is 0 Å². The van der Waals surface area contributed by atoms with Crippen molar-refractivity contribution in [2.45, 2.75) is 13.3 Å². The predicted octanol–water partition coefficient (Wildman–Crippen LogP) is 2.98. The number of aryl methyl sites for hydroxylation is 1. The number of hydrogen-bond donors (Lipinski definition) is 2. The number of benzene rings is 1. The average Bonchev–Trinajstić information content (AvgIpc) is 2.47. The van der Waals surface area contributed by atoms with Gasteiger partial charge in [0.15, 0.2) is 0 Å². The van der Waals surface area contributed by atoms with Gasteiger partial charge in [-0.3, -0.25) is 0 Å². The molecular formula is C15H20N4O. The molecule has 0 saturated carbocycles. The highest BCUT2D eigenvalue weighted by Gasteiger charge is 1.99. The molecule has 1 aromatic heterocycles. The van der Waals surface area contributed by atoms with Crippen molar-refractivity contribution >= 4 is 17.5 Å². The van der Waals surface area contributed by atoms with Crippen LogP contribution in [-0.2, 0) is 4.74 Å². The molecule has 0 spiro atoms. The predicted molar refractivity (Wildman–Crippen MR) is 81.5 cm³/mol. The molecule has 0 amide bonds. The van der Waals surface area contributed by atoms with Crippen molar-refractivity contribution in [3.63, 3.8) is 0 Å². The van der Waals surface area contributed by atoms with E-state index in [1.54, 1.807) is 13.3 Å². The quantitative estimate of drug-likeness (QED) is 0.759. The van der Waals surface area contributed by atoms with Crippen LogP contribution in [0.4, 0.5) is 17.5 Å². The zero-order valence-corrected chi connectivity index (χ0v) is 11.9. The third-order valence-corrected chi connectivity index (χ3v) is 2.79. The SMILES string of the molecule is COCCCNc1ccnc(Nc2ccc(C)cc2)n1. The zero-order chi connectivity index (χ0) is 14.2. The molecule has 0 aliphatic rings. The van der Waals surface area contributed by atoms with Gasteiger partial charge in [0.25, 0.3) is 0 Å². The van der Waals surface area contributed by atoms with E-state index in [4.69, 9.17) is 4.74 Å². The van der Waals surface area contributed by atoms with Crippen molar-refractivity contribution < 1.29 is 4.74 Å². The van der Waals surface area contributed by atoms with Gasteiger partial charge in [-0.05, 0) is 31.5 Å². The lowest BCUT2D eigenvalue weighted by atomic mass is 10.2. The molecule has 1 aromatic carbocycles. The van der Waals surface area contributed by atoms with Crippen LogP contribution in [0.15, 0.2) is 36.5 Å². The molecule has 0 radical (unpaired) electrons. The lowest BCUT2D eigenvalue weighted by Crippen LogP contribution is -2.07. The zero-order valence-electron chi connectivity index (χ0n) is 11.9. The summed E-state index contributed by atoms with van der Waals surface area (Å²) < 4.78 is 5.01. The van der Waals surface area contributed by atoms with Crippen molar-refractivity contribution in [1.82, 2.24) is 9.97 Å². The number of hydrogen-bond acceptors (Lipinski definition) is 5. The second-order valence-electron chi connectivity index (χ2n) is 4.53. The van der Waals surface area contributed by atoms with Gasteiger partial charge < -0.3 is 15.4 Å². The summed E-state index contributed by atoms with van der Waals surface area (Å²) in [6, 6.07) is 9.98. The number of nitrogens with one attached hydrogen (secondary N) is 2. The highest BCUT2D eigenvalue weighted by atomic mass is 16.5. The van der Waals surface area contributed by atoms with Gasteiger partial charge in [0, 0.05) is 32.1 Å². The molecule has 0 atom stereocenters. The Balaban J connectivity index is 1.93. The van der Waals surface area contributed by atoms with Gasteiger partial charge in [-0.25, -0.2) is 4.98 Å². The standard InChI is InChI=1S/C15H20N4O/c1-12-4-6-13(7-5-12)18-15-17-10-8-14(19-15)16-9-3-11-20-2/h4-8,10H,3,9,11H2,1-2H3,(H2,16,17,18,19). The normalized spacial score (nSPS) is 10.3. The van der Waals surface area contributed by atoms with Crippen LogP contribution in [0.5, 0.6) is 0 Å². The maximum atomic E-state index is 5.01. The minimum Gasteiger partial charge on any atom is -0.385 e. The monoisotopic (exact) mass is 272 g/mol. The summed E-state index contributed by atoms with van der Waals surface area (Å²) in [7, 11) is 1.70. The fourth-order valence-electron chi connectivity index (χ4n) is 1.72. The van der Waals surface area contributed by atoms with E-state index in [2.05, 4.69) is 39.7 Å². The maximum Gasteiger partial charge on any atom is 0.229 e. The van der Waals surface area contributed by atoms with Crippen LogP contribution in [-0.4, -0.2) is 30.2 Å². The topological polar surface area (TPSA) is 59.1 Å². The number of nitrogens with zero attached hydrogens (tertiary/aromatic N) is 2. The molecular weight excluding hydrogens is 252 g/mol. The van der Waals surface area contributed by atoms with Gasteiger partial charge in [0.05, 0.1) is 0 Å². The lowest BCUT2D eigenvalue weighted by molar-refractivity contribution is 0.198. The molecule has 0 bridgehead atoms. The molecule has 5 heteroatoms. The van der Waals surface area contributed by atoms with E-state index in [1.807, 2.05) is 18.2 Å². The van der Waals surface area contributed by atoms with Crippen LogP contribution in [0.25, 0.3) is 0 Å². The molecule has 2 aromatic rings. The van der Waals surface area contributed by atoms with Crippen LogP contribution in [0.3, 0.4) is 0 Å².